The Kier molecular flexibility index (Phi) is 5.67. The molecule has 0 fully saturated rings. The summed E-state index contributed by atoms with van der Waals surface area (Å²) in [7, 11) is 0. The monoisotopic (exact) mass is 428 g/mol. The number of fused-ring (bicyclic) bond motifs is 2. The molecular weight excluding hydrogens is 404 g/mol. The van der Waals surface area contributed by atoms with Gasteiger partial charge in [-0.2, -0.15) is 0 Å². The Labute approximate surface area is 185 Å². The topological polar surface area (TPSA) is 51.2 Å². The molecule has 4 aromatic rings. The maximum absolute atomic E-state index is 12.3. The fourth-order valence-electron chi connectivity index (χ4n) is 4.19. The lowest BCUT2D eigenvalue weighted by molar-refractivity contribution is -0.118. The Morgan fingerprint density at radius 1 is 1.00 bits per heavy atom. The van der Waals surface area contributed by atoms with E-state index in [1.807, 2.05) is 12.3 Å². The van der Waals surface area contributed by atoms with Crippen LogP contribution in [-0.2, 0) is 24.1 Å². The molecule has 156 valence electrons. The molecule has 1 aliphatic rings. The van der Waals surface area contributed by atoms with Crippen LogP contribution in [0.15, 0.2) is 66.9 Å². The average Bonchev–Trinajstić information content (AvgIpc) is 3.24. The van der Waals surface area contributed by atoms with Gasteiger partial charge in [0, 0.05) is 17.5 Å². The Bertz CT molecular complexity index is 1230. The number of benzene rings is 3. The molecule has 0 atom stereocenters. The third-order valence-electron chi connectivity index (χ3n) is 5.73. The fourth-order valence-corrected chi connectivity index (χ4v) is 5.04. The first-order valence-electron chi connectivity index (χ1n) is 10.7. The highest BCUT2D eigenvalue weighted by molar-refractivity contribution is 7.15. The van der Waals surface area contributed by atoms with Crippen LogP contribution >= 0.6 is 11.3 Å². The van der Waals surface area contributed by atoms with Crippen molar-refractivity contribution >= 4 is 33.1 Å². The summed E-state index contributed by atoms with van der Waals surface area (Å²) in [6, 6.07) is 20.9. The van der Waals surface area contributed by atoms with E-state index >= 15 is 0 Å². The SMILES string of the molecule is O=C(COc1ccc2c(c1)CCCC2)Nc1ncc(Cc2cccc3ccccc23)s1. The minimum atomic E-state index is -0.191. The maximum atomic E-state index is 12.3. The Hall–Kier alpha value is -3.18. The van der Waals surface area contributed by atoms with Crippen molar-refractivity contribution in [3.8, 4) is 5.75 Å². The van der Waals surface area contributed by atoms with Gasteiger partial charge in [-0.25, -0.2) is 4.98 Å². The molecule has 0 aliphatic heterocycles. The summed E-state index contributed by atoms with van der Waals surface area (Å²) in [5.74, 6) is 0.565. The van der Waals surface area contributed by atoms with E-state index < -0.39 is 0 Å². The molecule has 5 heteroatoms. The van der Waals surface area contributed by atoms with E-state index in [1.165, 1.54) is 51.6 Å². The second-order valence-electron chi connectivity index (χ2n) is 7.92. The highest BCUT2D eigenvalue weighted by atomic mass is 32.1. The van der Waals surface area contributed by atoms with Crippen molar-refractivity contribution in [3.05, 3.63) is 88.4 Å². The number of nitrogens with one attached hydrogen (secondary N) is 1. The normalized spacial score (nSPS) is 13.0. The van der Waals surface area contributed by atoms with Crippen molar-refractivity contribution in [2.75, 3.05) is 11.9 Å². The largest absolute Gasteiger partial charge is 0.484 e. The van der Waals surface area contributed by atoms with Gasteiger partial charge in [-0.15, -0.1) is 11.3 Å². The van der Waals surface area contributed by atoms with Gasteiger partial charge in [0.2, 0.25) is 0 Å². The van der Waals surface area contributed by atoms with Gasteiger partial charge in [-0.3, -0.25) is 10.1 Å². The van der Waals surface area contributed by atoms with Crippen LogP contribution in [0.4, 0.5) is 5.13 Å². The maximum Gasteiger partial charge on any atom is 0.264 e. The number of ether oxygens (including phenoxy) is 1. The Balaban J connectivity index is 1.19. The second-order valence-corrected chi connectivity index (χ2v) is 9.04. The summed E-state index contributed by atoms with van der Waals surface area (Å²) in [4.78, 5) is 17.8. The van der Waals surface area contributed by atoms with Gasteiger partial charge in [0.05, 0.1) is 0 Å². The van der Waals surface area contributed by atoms with E-state index in [2.05, 4.69) is 64.9 Å². The molecule has 0 saturated heterocycles. The number of amides is 1. The van der Waals surface area contributed by atoms with Crippen molar-refractivity contribution in [2.24, 2.45) is 0 Å². The number of rotatable bonds is 6. The molecule has 1 aromatic heterocycles. The van der Waals surface area contributed by atoms with Crippen molar-refractivity contribution in [1.82, 2.24) is 4.98 Å². The number of thiazole rings is 1. The zero-order valence-electron chi connectivity index (χ0n) is 17.3. The van der Waals surface area contributed by atoms with Crippen molar-refractivity contribution in [3.63, 3.8) is 0 Å². The number of carbonyl (C=O) groups is 1. The number of carbonyl (C=O) groups excluding carboxylic acids is 1. The molecule has 0 bridgehead atoms. The van der Waals surface area contributed by atoms with Crippen molar-refractivity contribution in [1.29, 1.82) is 0 Å². The van der Waals surface area contributed by atoms with Crippen LogP contribution in [-0.4, -0.2) is 17.5 Å². The van der Waals surface area contributed by atoms with Gasteiger partial charge in [0.15, 0.2) is 11.7 Å². The van der Waals surface area contributed by atoms with Crippen molar-refractivity contribution in [2.45, 2.75) is 32.1 Å². The lowest BCUT2D eigenvalue weighted by atomic mass is 9.92. The molecule has 1 heterocycles. The van der Waals surface area contributed by atoms with Crippen LogP contribution in [0, 0.1) is 0 Å². The highest BCUT2D eigenvalue weighted by Gasteiger charge is 2.12. The fraction of sp³-hybridized carbons (Fsp3) is 0.231. The first kappa shape index (κ1) is 19.8. The average molecular weight is 429 g/mol. The number of aryl methyl sites for hydroxylation is 2. The number of aromatic nitrogens is 1. The number of anilines is 1. The molecule has 1 amide bonds. The van der Waals surface area contributed by atoms with Gasteiger partial charge >= 0.3 is 0 Å². The second kappa shape index (κ2) is 8.90. The summed E-state index contributed by atoms with van der Waals surface area (Å²) in [5, 5.41) is 5.95. The molecule has 0 spiro atoms. The Morgan fingerprint density at radius 3 is 2.77 bits per heavy atom. The third kappa shape index (κ3) is 4.62. The summed E-state index contributed by atoms with van der Waals surface area (Å²) in [6.07, 6.45) is 7.35. The molecule has 3 aromatic carbocycles. The lowest BCUT2D eigenvalue weighted by Crippen LogP contribution is -2.20. The number of hydrogen-bond acceptors (Lipinski definition) is 4. The van der Waals surface area contributed by atoms with Gasteiger partial charge in [-0.1, -0.05) is 48.5 Å². The first-order valence-corrected chi connectivity index (χ1v) is 11.5. The molecular formula is C26H24N2O2S. The molecule has 31 heavy (non-hydrogen) atoms. The molecule has 1 aliphatic carbocycles. The van der Waals surface area contributed by atoms with Crippen LogP contribution in [0.2, 0.25) is 0 Å². The van der Waals surface area contributed by atoms with E-state index in [9.17, 15) is 4.79 Å². The zero-order chi connectivity index (χ0) is 21.0. The van der Waals surface area contributed by atoms with E-state index in [1.54, 1.807) is 0 Å². The summed E-state index contributed by atoms with van der Waals surface area (Å²) in [6.45, 7) is -0.0168. The zero-order valence-corrected chi connectivity index (χ0v) is 18.1. The van der Waals surface area contributed by atoms with Crippen LogP contribution < -0.4 is 10.1 Å². The van der Waals surface area contributed by atoms with Crippen LogP contribution in [0.3, 0.4) is 0 Å². The standard InChI is InChI=1S/C26H24N2O2S/c29-25(17-30-22-13-12-18-6-1-2-8-20(18)14-22)28-26-27-16-23(31-26)15-21-10-5-9-19-7-3-4-11-24(19)21/h3-5,7,9-14,16H,1-2,6,8,15,17H2,(H,27,28,29). The molecule has 0 radical (unpaired) electrons. The van der Waals surface area contributed by atoms with E-state index in [4.69, 9.17) is 4.74 Å². The summed E-state index contributed by atoms with van der Waals surface area (Å²) < 4.78 is 5.72. The molecule has 0 unspecified atom stereocenters. The van der Waals surface area contributed by atoms with E-state index in [0.29, 0.717) is 5.13 Å². The number of hydrogen-bond donors (Lipinski definition) is 1. The lowest BCUT2D eigenvalue weighted by Gasteiger charge is -2.16. The molecule has 0 saturated carbocycles. The molecule has 4 nitrogen and oxygen atoms in total. The molecule has 5 rings (SSSR count). The highest BCUT2D eigenvalue weighted by Crippen LogP contribution is 2.27. The van der Waals surface area contributed by atoms with Gasteiger partial charge < -0.3 is 4.74 Å². The van der Waals surface area contributed by atoms with Crippen LogP contribution in [0.1, 0.15) is 34.4 Å². The van der Waals surface area contributed by atoms with E-state index in [0.717, 1.165) is 29.9 Å². The minimum Gasteiger partial charge on any atom is -0.484 e. The number of nitrogens with zero attached hydrogens (tertiary/aromatic N) is 1. The quantitative estimate of drug-likeness (QED) is 0.423. The van der Waals surface area contributed by atoms with Gasteiger partial charge in [0.25, 0.3) is 5.91 Å². The van der Waals surface area contributed by atoms with Crippen molar-refractivity contribution < 1.29 is 9.53 Å². The summed E-state index contributed by atoms with van der Waals surface area (Å²) in [5.41, 5.74) is 4.02. The van der Waals surface area contributed by atoms with Crippen LogP contribution in [0.25, 0.3) is 10.8 Å². The molecule has 1 N–H and O–H groups in total. The summed E-state index contributed by atoms with van der Waals surface area (Å²) >= 11 is 1.51. The predicted molar refractivity (Wildman–Crippen MR) is 126 cm³/mol. The minimum absolute atomic E-state index is 0.0168. The third-order valence-corrected chi connectivity index (χ3v) is 6.65. The van der Waals surface area contributed by atoms with Crippen LogP contribution in [0.5, 0.6) is 5.75 Å². The smallest absolute Gasteiger partial charge is 0.264 e. The van der Waals surface area contributed by atoms with Gasteiger partial charge in [0.1, 0.15) is 5.75 Å². The Morgan fingerprint density at radius 2 is 1.84 bits per heavy atom. The first-order chi connectivity index (χ1) is 15.2. The predicted octanol–water partition coefficient (Wildman–Crippen LogP) is 5.78. The van der Waals surface area contributed by atoms with Gasteiger partial charge in [-0.05, 0) is 65.3 Å². The van der Waals surface area contributed by atoms with E-state index in [-0.39, 0.29) is 12.5 Å².